The Morgan fingerprint density at radius 2 is 1.96 bits per heavy atom. The highest BCUT2D eigenvalue weighted by molar-refractivity contribution is 5.90. The predicted molar refractivity (Wildman–Crippen MR) is 90.6 cm³/mol. The molecule has 1 aromatic heterocycles. The number of alkyl halides is 5. The largest absolute Gasteiger partial charge is 0.476 e. The zero-order chi connectivity index (χ0) is 21.2. The van der Waals surface area contributed by atoms with Crippen LogP contribution in [0.2, 0.25) is 0 Å². The second kappa shape index (κ2) is 8.15. The summed E-state index contributed by atoms with van der Waals surface area (Å²) in [5.41, 5.74) is 0.552. The fourth-order valence-corrected chi connectivity index (χ4v) is 2.88. The van der Waals surface area contributed by atoms with E-state index < -0.39 is 31.1 Å². The molecule has 0 amide bonds. The highest BCUT2D eigenvalue weighted by Gasteiger charge is 2.36. The van der Waals surface area contributed by atoms with Gasteiger partial charge >= 0.3 is 18.8 Å². The standard InChI is InChI=1S/C18H19F5N2O3/c1-4-25-15(10(3)14(24-25)16(26)27)12-6-5-11(7-9(2)18(21,22)23)8-13(12)28-17(19)20/h5-6,8-9,17H,4,7H2,1-3H3,(H,26,27). The van der Waals surface area contributed by atoms with Gasteiger partial charge in [0.25, 0.3) is 0 Å². The maximum Gasteiger partial charge on any atom is 0.391 e. The lowest BCUT2D eigenvalue weighted by Crippen LogP contribution is -2.21. The van der Waals surface area contributed by atoms with E-state index >= 15 is 0 Å². The average Bonchev–Trinajstić information content (AvgIpc) is 2.90. The molecule has 0 aliphatic carbocycles. The smallest absolute Gasteiger partial charge is 0.391 e. The van der Waals surface area contributed by atoms with Crippen molar-refractivity contribution in [3.05, 3.63) is 35.0 Å². The summed E-state index contributed by atoms with van der Waals surface area (Å²) < 4.78 is 70.1. The van der Waals surface area contributed by atoms with Gasteiger partial charge < -0.3 is 9.84 Å². The molecule has 1 aromatic carbocycles. The summed E-state index contributed by atoms with van der Waals surface area (Å²) in [7, 11) is 0. The lowest BCUT2D eigenvalue weighted by atomic mass is 9.97. The number of benzene rings is 1. The molecule has 0 bridgehead atoms. The third-order valence-electron chi connectivity index (χ3n) is 4.31. The summed E-state index contributed by atoms with van der Waals surface area (Å²) >= 11 is 0. The number of hydrogen-bond donors (Lipinski definition) is 1. The first-order valence-electron chi connectivity index (χ1n) is 8.41. The van der Waals surface area contributed by atoms with Crippen LogP contribution in [0.15, 0.2) is 18.2 Å². The van der Waals surface area contributed by atoms with Crippen molar-refractivity contribution < 1.29 is 36.6 Å². The van der Waals surface area contributed by atoms with E-state index in [1.54, 1.807) is 6.92 Å². The number of hydrogen-bond acceptors (Lipinski definition) is 3. The number of carboxylic acids is 1. The normalized spacial score (nSPS) is 13.0. The average molecular weight is 406 g/mol. The SMILES string of the molecule is CCn1nc(C(=O)O)c(C)c1-c1ccc(CC(C)C(F)(F)F)cc1OC(F)F. The number of aryl methyl sites for hydroxylation is 1. The fraction of sp³-hybridized carbons (Fsp3) is 0.444. The van der Waals surface area contributed by atoms with Crippen LogP contribution in [0.4, 0.5) is 22.0 Å². The predicted octanol–water partition coefficient (Wildman–Crippen LogP) is 4.92. The van der Waals surface area contributed by atoms with Crippen molar-refractivity contribution in [2.45, 2.75) is 46.5 Å². The van der Waals surface area contributed by atoms with Crippen LogP contribution in [0.3, 0.4) is 0 Å². The van der Waals surface area contributed by atoms with E-state index in [1.165, 1.54) is 23.7 Å². The van der Waals surface area contributed by atoms with E-state index in [0.29, 0.717) is 0 Å². The Labute approximate surface area is 157 Å². The van der Waals surface area contributed by atoms with E-state index in [2.05, 4.69) is 9.84 Å². The fourth-order valence-electron chi connectivity index (χ4n) is 2.88. The van der Waals surface area contributed by atoms with Crippen molar-refractivity contribution in [2.24, 2.45) is 5.92 Å². The Morgan fingerprint density at radius 3 is 2.46 bits per heavy atom. The van der Waals surface area contributed by atoms with Crippen LogP contribution in [-0.2, 0) is 13.0 Å². The maximum atomic E-state index is 12.9. The first kappa shape index (κ1) is 21.6. The van der Waals surface area contributed by atoms with E-state index in [9.17, 15) is 31.9 Å². The monoisotopic (exact) mass is 406 g/mol. The summed E-state index contributed by atoms with van der Waals surface area (Å²) in [5.74, 6) is -3.28. The summed E-state index contributed by atoms with van der Waals surface area (Å²) in [6.07, 6.45) is -4.83. The molecule has 0 spiro atoms. The number of halogens is 5. The summed E-state index contributed by atoms with van der Waals surface area (Å²) in [6, 6.07) is 3.84. The number of ether oxygens (including phenoxy) is 1. The Hall–Kier alpha value is -2.65. The topological polar surface area (TPSA) is 64.4 Å². The molecule has 2 aromatic rings. The summed E-state index contributed by atoms with van der Waals surface area (Å²) in [5, 5.41) is 13.2. The minimum absolute atomic E-state index is 0.128. The summed E-state index contributed by atoms with van der Waals surface area (Å²) in [4.78, 5) is 11.3. The van der Waals surface area contributed by atoms with Crippen molar-refractivity contribution in [2.75, 3.05) is 0 Å². The van der Waals surface area contributed by atoms with E-state index in [1.807, 2.05) is 0 Å². The van der Waals surface area contributed by atoms with Gasteiger partial charge in [0, 0.05) is 17.7 Å². The molecule has 1 N–H and O–H groups in total. The molecule has 154 valence electrons. The molecule has 5 nitrogen and oxygen atoms in total. The molecule has 2 rings (SSSR count). The molecule has 28 heavy (non-hydrogen) atoms. The first-order chi connectivity index (χ1) is 13.0. The number of aromatic nitrogens is 2. The minimum atomic E-state index is -4.42. The van der Waals surface area contributed by atoms with Gasteiger partial charge in [0.15, 0.2) is 5.69 Å². The van der Waals surface area contributed by atoms with Crippen molar-refractivity contribution in [1.82, 2.24) is 9.78 Å². The van der Waals surface area contributed by atoms with Gasteiger partial charge in [-0.3, -0.25) is 4.68 Å². The quantitative estimate of drug-likeness (QED) is 0.663. The zero-order valence-electron chi connectivity index (χ0n) is 15.3. The molecule has 0 saturated heterocycles. The Balaban J connectivity index is 2.57. The van der Waals surface area contributed by atoms with E-state index in [-0.39, 0.29) is 40.4 Å². The summed E-state index contributed by atoms with van der Waals surface area (Å²) in [6.45, 7) is 1.21. The maximum absolute atomic E-state index is 12.9. The van der Waals surface area contributed by atoms with Crippen LogP contribution >= 0.6 is 0 Å². The lowest BCUT2D eigenvalue weighted by molar-refractivity contribution is -0.169. The highest BCUT2D eigenvalue weighted by atomic mass is 19.4. The van der Waals surface area contributed by atoms with E-state index in [4.69, 9.17) is 0 Å². The number of aromatic carboxylic acids is 1. The van der Waals surface area contributed by atoms with E-state index in [0.717, 1.165) is 13.0 Å². The molecule has 1 heterocycles. The lowest BCUT2D eigenvalue weighted by Gasteiger charge is -2.18. The molecular formula is C18H19F5N2O3. The molecule has 0 radical (unpaired) electrons. The second-order valence-corrected chi connectivity index (χ2v) is 6.30. The van der Waals surface area contributed by atoms with Gasteiger partial charge in [0.2, 0.25) is 0 Å². The van der Waals surface area contributed by atoms with Crippen molar-refractivity contribution in [3.63, 3.8) is 0 Å². The van der Waals surface area contributed by atoms with Gasteiger partial charge in [-0.15, -0.1) is 0 Å². The molecule has 0 saturated carbocycles. The third-order valence-corrected chi connectivity index (χ3v) is 4.31. The van der Waals surface area contributed by atoms with Gasteiger partial charge in [-0.2, -0.15) is 27.1 Å². The Morgan fingerprint density at radius 1 is 1.32 bits per heavy atom. The number of rotatable bonds is 7. The van der Waals surface area contributed by atoms with Crippen LogP contribution in [0, 0.1) is 12.8 Å². The highest BCUT2D eigenvalue weighted by Crippen LogP contribution is 2.37. The molecule has 0 aliphatic heterocycles. The third kappa shape index (κ3) is 4.60. The second-order valence-electron chi connectivity index (χ2n) is 6.30. The first-order valence-corrected chi connectivity index (χ1v) is 8.41. The molecule has 0 aliphatic rings. The molecule has 1 unspecified atom stereocenters. The van der Waals surface area contributed by atoms with Crippen molar-refractivity contribution in [1.29, 1.82) is 0 Å². The minimum Gasteiger partial charge on any atom is -0.476 e. The molecule has 0 fully saturated rings. The van der Waals surface area contributed by atoms with Gasteiger partial charge in [0.05, 0.1) is 11.6 Å². The van der Waals surface area contributed by atoms with Gasteiger partial charge in [-0.05, 0) is 38.0 Å². The van der Waals surface area contributed by atoms with Crippen LogP contribution in [0.5, 0.6) is 5.75 Å². The van der Waals surface area contributed by atoms with Crippen molar-refractivity contribution >= 4 is 5.97 Å². The number of carboxylic acid groups (broad SMARTS) is 1. The Kier molecular flexibility index (Phi) is 6.30. The molecule has 10 heteroatoms. The zero-order valence-corrected chi connectivity index (χ0v) is 15.3. The number of carbonyl (C=O) groups is 1. The van der Waals surface area contributed by atoms with Crippen molar-refractivity contribution in [3.8, 4) is 17.0 Å². The van der Waals surface area contributed by atoms with Crippen LogP contribution in [0.1, 0.15) is 35.5 Å². The molecular weight excluding hydrogens is 387 g/mol. The van der Waals surface area contributed by atoms with Crippen LogP contribution in [0.25, 0.3) is 11.3 Å². The molecule has 1 atom stereocenters. The van der Waals surface area contributed by atoms with Gasteiger partial charge in [-0.1, -0.05) is 13.0 Å². The number of nitrogens with zero attached hydrogens (tertiary/aromatic N) is 2. The van der Waals surface area contributed by atoms with Crippen LogP contribution in [-0.4, -0.2) is 33.6 Å². The van der Waals surface area contributed by atoms with Gasteiger partial charge in [-0.25, -0.2) is 4.79 Å². The van der Waals surface area contributed by atoms with Crippen LogP contribution < -0.4 is 4.74 Å². The Bertz CT molecular complexity index is 862. The van der Waals surface area contributed by atoms with Gasteiger partial charge in [0.1, 0.15) is 5.75 Å².